The third kappa shape index (κ3) is 8.15. The van der Waals surface area contributed by atoms with Gasteiger partial charge in [-0.1, -0.05) is 47.0 Å². The largest absolute Gasteiger partial charge is 0.381 e. The first-order chi connectivity index (χ1) is 7.02. The van der Waals surface area contributed by atoms with Crippen LogP contribution >= 0.6 is 12.6 Å². The van der Waals surface area contributed by atoms with Crippen LogP contribution in [0.15, 0.2) is 0 Å². The standard InChI is InChI=1S/C13H28OS/c1-5-6-7-8-9-14-10-12(11-15)13(2,3)4/h12,15H,5-11H2,1-4H3. The van der Waals surface area contributed by atoms with E-state index < -0.39 is 0 Å². The molecule has 1 nitrogen and oxygen atoms in total. The summed E-state index contributed by atoms with van der Waals surface area (Å²) in [5.74, 6) is 1.48. The average molecular weight is 232 g/mol. The van der Waals surface area contributed by atoms with E-state index in [0.717, 1.165) is 19.0 Å². The molecule has 0 saturated carbocycles. The summed E-state index contributed by atoms with van der Waals surface area (Å²) in [6, 6.07) is 0. The Balaban J connectivity index is 3.48. The number of ether oxygens (including phenoxy) is 1. The molecule has 0 bridgehead atoms. The lowest BCUT2D eigenvalue weighted by molar-refractivity contribution is 0.0640. The number of rotatable bonds is 8. The summed E-state index contributed by atoms with van der Waals surface area (Å²) in [6.45, 7) is 10.8. The fraction of sp³-hybridized carbons (Fsp3) is 1.00. The zero-order valence-corrected chi connectivity index (χ0v) is 11.8. The van der Waals surface area contributed by atoms with Crippen LogP contribution in [-0.2, 0) is 4.74 Å². The fourth-order valence-electron chi connectivity index (χ4n) is 1.43. The zero-order valence-electron chi connectivity index (χ0n) is 10.9. The summed E-state index contributed by atoms with van der Waals surface area (Å²) < 4.78 is 5.71. The van der Waals surface area contributed by atoms with Crippen molar-refractivity contribution in [1.82, 2.24) is 0 Å². The molecule has 0 amide bonds. The first-order valence-corrected chi connectivity index (χ1v) is 6.84. The quantitative estimate of drug-likeness (QED) is 0.488. The molecule has 0 aromatic rings. The molecule has 1 unspecified atom stereocenters. The zero-order chi connectivity index (χ0) is 11.7. The normalized spacial score (nSPS) is 14.2. The van der Waals surface area contributed by atoms with E-state index >= 15 is 0 Å². The molecule has 0 spiro atoms. The highest BCUT2D eigenvalue weighted by Crippen LogP contribution is 2.27. The molecule has 0 fully saturated rings. The van der Waals surface area contributed by atoms with Crippen molar-refractivity contribution in [3.05, 3.63) is 0 Å². The molecule has 0 rings (SSSR count). The second kappa shape index (κ2) is 8.46. The molecule has 0 aromatic heterocycles. The molecule has 0 aliphatic carbocycles. The second-order valence-electron chi connectivity index (χ2n) is 5.38. The van der Waals surface area contributed by atoms with Crippen molar-refractivity contribution in [2.45, 2.75) is 53.4 Å². The highest BCUT2D eigenvalue weighted by molar-refractivity contribution is 7.80. The lowest BCUT2D eigenvalue weighted by Crippen LogP contribution is -2.27. The molecule has 0 aromatic carbocycles. The van der Waals surface area contributed by atoms with Gasteiger partial charge in [-0.15, -0.1) is 0 Å². The maximum atomic E-state index is 5.71. The summed E-state index contributed by atoms with van der Waals surface area (Å²) in [6.07, 6.45) is 5.13. The summed E-state index contributed by atoms with van der Waals surface area (Å²) in [4.78, 5) is 0. The van der Waals surface area contributed by atoms with Crippen LogP contribution in [0.3, 0.4) is 0 Å². The van der Waals surface area contributed by atoms with Crippen LogP contribution in [0.4, 0.5) is 0 Å². The van der Waals surface area contributed by atoms with E-state index in [1.54, 1.807) is 0 Å². The van der Waals surface area contributed by atoms with Crippen molar-refractivity contribution in [1.29, 1.82) is 0 Å². The Morgan fingerprint density at radius 1 is 1.13 bits per heavy atom. The monoisotopic (exact) mass is 232 g/mol. The minimum Gasteiger partial charge on any atom is -0.381 e. The topological polar surface area (TPSA) is 9.23 Å². The van der Waals surface area contributed by atoms with E-state index in [4.69, 9.17) is 4.74 Å². The van der Waals surface area contributed by atoms with Crippen molar-refractivity contribution in [2.24, 2.45) is 11.3 Å². The highest BCUT2D eigenvalue weighted by atomic mass is 32.1. The Labute approximate surface area is 101 Å². The van der Waals surface area contributed by atoms with Gasteiger partial charge in [0.2, 0.25) is 0 Å². The van der Waals surface area contributed by atoms with Gasteiger partial charge in [0.1, 0.15) is 0 Å². The van der Waals surface area contributed by atoms with Gasteiger partial charge in [0, 0.05) is 6.61 Å². The lowest BCUT2D eigenvalue weighted by atomic mass is 9.82. The first-order valence-electron chi connectivity index (χ1n) is 6.21. The van der Waals surface area contributed by atoms with E-state index in [0.29, 0.717) is 11.3 Å². The maximum absolute atomic E-state index is 5.71. The SMILES string of the molecule is CCCCCCOCC(CS)C(C)(C)C. The summed E-state index contributed by atoms with van der Waals surface area (Å²) >= 11 is 4.39. The third-order valence-electron chi connectivity index (χ3n) is 2.91. The summed E-state index contributed by atoms with van der Waals surface area (Å²) in [7, 11) is 0. The van der Waals surface area contributed by atoms with Gasteiger partial charge >= 0.3 is 0 Å². The predicted molar refractivity (Wildman–Crippen MR) is 71.8 cm³/mol. The Bertz CT molecular complexity index is 140. The molecule has 1 atom stereocenters. The molecule has 0 heterocycles. The van der Waals surface area contributed by atoms with E-state index in [-0.39, 0.29) is 0 Å². The predicted octanol–water partition coefficient (Wildman–Crippen LogP) is 4.18. The molecule has 0 N–H and O–H groups in total. The van der Waals surface area contributed by atoms with E-state index in [2.05, 4.69) is 40.3 Å². The van der Waals surface area contributed by atoms with Crippen molar-refractivity contribution in [3.8, 4) is 0 Å². The third-order valence-corrected chi connectivity index (χ3v) is 3.35. The Morgan fingerprint density at radius 2 is 1.80 bits per heavy atom. The van der Waals surface area contributed by atoms with Gasteiger partial charge in [-0.05, 0) is 23.5 Å². The molecule has 0 radical (unpaired) electrons. The van der Waals surface area contributed by atoms with Crippen LogP contribution < -0.4 is 0 Å². The Hall–Kier alpha value is 0.310. The molecule has 2 heteroatoms. The van der Waals surface area contributed by atoms with Crippen LogP contribution in [0, 0.1) is 11.3 Å². The van der Waals surface area contributed by atoms with Crippen molar-refractivity contribution >= 4 is 12.6 Å². The van der Waals surface area contributed by atoms with Gasteiger partial charge < -0.3 is 4.74 Å². The van der Waals surface area contributed by atoms with Crippen LogP contribution in [0.2, 0.25) is 0 Å². The maximum Gasteiger partial charge on any atom is 0.0507 e. The van der Waals surface area contributed by atoms with Gasteiger partial charge in [-0.3, -0.25) is 0 Å². The number of hydrogen-bond donors (Lipinski definition) is 1. The number of unbranched alkanes of at least 4 members (excludes halogenated alkanes) is 3. The minimum absolute atomic E-state index is 0.311. The number of hydrogen-bond acceptors (Lipinski definition) is 2. The van der Waals surface area contributed by atoms with E-state index in [1.807, 2.05) is 0 Å². The molecular formula is C13H28OS. The van der Waals surface area contributed by atoms with Gasteiger partial charge in [0.25, 0.3) is 0 Å². The van der Waals surface area contributed by atoms with Crippen molar-refractivity contribution in [2.75, 3.05) is 19.0 Å². The molecule has 0 aliphatic rings. The van der Waals surface area contributed by atoms with E-state index in [1.165, 1.54) is 25.7 Å². The summed E-state index contributed by atoms with van der Waals surface area (Å²) in [5, 5.41) is 0. The van der Waals surface area contributed by atoms with Gasteiger partial charge in [0.05, 0.1) is 6.61 Å². The molecule has 92 valence electrons. The van der Waals surface area contributed by atoms with E-state index in [9.17, 15) is 0 Å². The fourth-order valence-corrected chi connectivity index (χ4v) is 2.09. The smallest absolute Gasteiger partial charge is 0.0507 e. The second-order valence-corrected chi connectivity index (χ2v) is 5.75. The van der Waals surface area contributed by atoms with Crippen LogP contribution in [0.1, 0.15) is 53.4 Å². The van der Waals surface area contributed by atoms with Crippen molar-refractivity contribution in [3.63, 3.8) is 0 Å². The number of thiol groups is 1. The van der Waals surface area contributed by atoms with Crippen LogP contribution in [0.25, 0.3) is 0 Å². The average Bonchev–Trinajstić information content (AvgIpc) is 2.15. The summed E-state index contributed by atoms with van der Waals surface area (Å²) in [5.41, 5.74) is 0.311. The van der Waals surface area contributed by atoms with Gasteiger partial charge in [0.15, 0.2) is 0 Å². The Kier molecular flexibility index (Phi) is 8.64. The molecule has 0 aliphatic heterocycles. The Morgan fingerprint density at radius 3 is 2.27 bits per heavy atom. The van der Waals surface area contributed by atoms with Gasteiger partial charge in [-0.2, -0.15) is 12.6 Å². The van der Waals surface area contributed by atoms with Crippen LogP contribution in [-0.4, -0.2) is 19.0 Å². The lowest BCUT2D eigenvalue weighted by Gasteiger charge is -2.29. The van der Waals surface area contributed by atoms with Gasteiger partial charge in [-0.25, -0.2) is 0 Å². The minimum atomic E-state index is 0.311. The molecular weight excluding hydrogens is 204 g/mol. The highest BCUT2D eigenvalue weighted by Gasteiger charge is 2.23. The first kappa shape index (κ1) is 15.3. The van der Waals surface area contributed by atoms with Crippen molar-refractivity contribution < 1.29 is 4.74 Å². The van der Waals surface area contributed by atoms with Crippen LogP contribution in [0.5, 0.6) is 0 Å². The molecule has 0 saturated heterocycles. The molecule has 15 heavy (non-hydrogen) atoms.